The number of carbonyl (C=O) groups excluding carboxylic acids is 1. The largest absolute Gasteiger partial charge is 0.467 e. The number of fused-ring (bicyclic) bond motifs is 1. The highest BCUT2D eigenvalue weighted by atomic mass is 16.5. The fourth-order valence-corrected chi connectivity index (χ4v) is 1.89. The van der Waals surface area contributed by atoms with Crippen LogP contribution < -0.4 is 11.1 Å². The Bertz CT molecular complexity index is 656. The van der Waals surface area contributed by atoms with Crippen LogP contribution in [0.4, 0.5) is 5.69 Å². The second kappa shape index (κ2) is 5.17. The lowest BCUT2D eigenvalue weighted by Gasteiger charge is -2.15. The van der Waals surface area contributed by atoms with E-state index in [1.54, 1.807) is 25.2 Å². The van der Waals surface area contributed by atoms with Crippen LogP contribution in [0.5, 0.6) is 0 Å². The molecule has 2 rings (SSSR count). The number of esters is 1. The lowest BCUT2D eigenvalue weighted by atomic mass is 10.2. The van der Waals surface area contributed by atoms with Gasteiger partial charge in [-0.1, -0.05) is 6.92 Å². The molecule has 1 atom stereocenters. The Morgan fingerprint density at radius 2 is 2.26 bits per heavy atom. The van der Waals surface area contributed by atoms with Gasteiger partial charge < -0.3 is 14.5 Å². The van der Waals surface area contributed by atoms with Crippen LogP contribution >= 0.6 is 0 Å². The van der Waals surface area contributed by atoms with Crippen molar-refractivity contribution < 1.29 is 13.9 Å². The number of oxazole rings is 1. The molecule has 2 aromatic rings. The monoisotopic (exact) mass is 264 g/mol. The molecule has 0 unspecified atom stereocenters. The molecule has 0 aliphatic carbocycles. The van der Waals surface area contributed by atoms with Crippen LogP contribution in [0.1, 0.15) is 13.3 Å². The van der Waals surface area contributed by atoms with Crippen molar-refractivity contribution in [3.8, 4) is 0 Å². The quantitative estimate of drug-likeness (QED) is 0.847. The number of carbonyl (C=O) groups is 1. The SMILES string of the molecule is CC[C@H](Nc1ccc2c(c1)oc(=O)n2C)C(=O)OC. The van der Waals surface area contributed by atoms with Crippen molar-refractivity contribution in [2.45, 2.75) is 19.4 Å². The Morgan fingerprint density at radius 3 is 2.89 bits per heavy atom. The molecule has 1 aromatic heterocycles. The first-order valence-corrected chi connectivity index (χ1v) is 6.00. The summed E-state index contributed by atoms with van der Waals surface area (Å²) >= 11 is 0. The van der Waals surface area contributed by atoms with Gasteiger partial charge in [0.25, 0.3) is 0 Å². The van der Waals surface area contributed by atoms with Crippen LogP contribution in [0.2, 0.25) is 0 Å². The molecule has 0 amide bonds. The number of aromatic nitrogens is 1. The van der Waals surface area contributed by atoms with Crippen LogP contribution in [-0.4, -0.2) is 23.7 Å². The number of ether oxygens (including phenoxy) is 1. The molecule has 1 aromatic carbocycles. The lowest BCUT2D eigenvalue weighted by molar-refractivity contribution is -0.141. The van der Waals surface area contributed by atoms with Gasteiger partial charge in [-0.15, -0.1) is 0 Å². The second-order valence-electron chi connectivity index (χ2n) is 4.24. The molecule has 1 heterocycles. The number of nitrogens with zero attached hydrogens (tertiary/aromatic N) is 1. The van der Waals surface area contributed by atoms with Gasteiger partial charge in [0.2, 0.25) is 0 Å². The molecule has 102 valence electrons. The van der Waals surface area contributed by atoms with Gasteiger partial charge >= 0.3 is 11.7 Å². The van der Waals surface area contributed by atoms with Crippen LogP contribution in [0, 0.1) is 0 Å². The Hall–Kier alpha value is -2.24. The topological polar surface area (TPSA) is 73.5 Å². The molecule has 0 bridgehead atoms. The van der Waals surface area contributed by atoms with Gasteiger partial charge in [0.1, 0.15) is 6.04 Å². The van der Waals surface area contributed by atoms with Crippen molar-refractivity contribution in [1.82, 2.24) is 4.57 Å². The van der Waals surface area contributed by atoms with Crippen molar-refractivity contribution in [2.24, 2.45) is 7.05 Å². The third-order valence-electron chi connectivity index (χ3n) is 3.03. The molecule has 0 radical (unpaired) electrons. The summed E-state index contributed by atoms with van der Waals surface area (Å²) in [4.78, 5) is 22.9. The highest BCUT2D eigenvalue weighted by Gasteiger charge is 2.17. The van der Waals surface area contributed by atoms with Crippen LogP contribution in [0.3, 0.4) is 0 Å². The highest BCUT2D eigenvalue weighted by Crippen LogP contribution is 2.19. The first-order valence-electron chi connectivity index (χ1n) is 6.00. The van der Waals surface area contributed by atoms with Crippen LogP contribution in [0.25, 0.3) is 11.1 Å². The third-order valence-corrected chi connectivity index (χ3v) is 3.03. The molecule has 6 nitrogen and oxygen atoms in total. The molecular weight excluding hydrogens is 248 g/mol. The average Bonchev–Trinajstić information content (AvgIpc) is 2.70. The maximum atomic E-state index is 11.5. The predicted molar refractivity (Wildman–Crippen MR) is 71.2 cm³/mol. The summed E-state index contributed by atoms with van der Waals surface area (Å²) < 4.78 is 11.2. The van der Waals surface area contributed by atoms with Crippen molar-refractivity contribution in [2.75, 3.05) is 12.4 Å². The summed E-state index contributed by atoms with van der Waals surface area (Å²) in [5, 5.41) is 3.05. The average molecular weight is 264 g/mol. The standard InChI is InChI=1S/C13H16N2O4/c1-4-9(12(16)18-3)14-8-5-6-10-11(7-8)19-13(17)15(10)2/h5-7,9,14H,4H2,1-3H3/t9-/m0/s1. The molecule has 19 heavy (non-hydrogen) atoms. The van der Waals surface area contributed by atoms with E-state index in [2.05, 4.69) is 5.32 Å². The zero-order valence-electron chi connectivity index (χ0n) is 11.1. The minimum Gasteiger partial charge on any atom is -0.467 e. The van der Waals surface area contributed by atoms with Crippen molar-refractivity contribution in [1.29, 1.82) is 0 Å². The van der Waals surface area contributed by atoms with E-state index in [0.29, 0.717) is 23.2 Å². The Kier molecular flexibility index (Phi) is 3.59. The minimum atomic E-state index is -0.419. The number of aryl methyl sites for hydroxylation is 1. The number of anilines is 1. The van der Waals surface area contributed by atoms with Crippen LogP contribution in [0.15, 0.2) is 27.4 Å². The molecule has 0 aliphatic heterocycles. The Morgan fingerprint density at radius 1 is 1.53 bits per heavy atom. The molecule has 6 heteroatoms. The number of hydrogen-bond donors (Lipinski definition) is 1. The van der Waals surface area contributed by atoms with E-state index in [1.807, 2.05) is 6.92 Å². The first-order chi connectivity index (χ1) is 9.06. The van der Waals surface area contributed by atoms with Gasteiger partial charge in [-0.05, 0) is 18.6 Å². The summed E-state index contributed by atoms with van der Waals surface area (Å²) in [6, 6.07) is 4.84. The van der Waals surface area contributed by atoms with E-state index in [-0.39, 0.29) is 5.97 Å². The lowest BCUT2D eigenvalue weighted by Crippen LogP contribution is -2.29. The second-order valence-corrected chi connectivity index (χ2v) is 4.24. The zero-order chi connectivity index (χ0) is 14.0. The molecule has 0 aliphatic rings. The highest BCUT2D eigenvalue weighted by molar-refractivity contribution is 5.82. The van der Waals surface area contributed by atoms with Crippen molar-refractivity contribution >= 4 is 22.8 Å². The number of nitrogens with one attached hydrogen (secondary N) is 1. The maximum Gasteiger partial charge on any atom is 0.419 e. The summed E-state index contributed by atoms with van der Waals surface area (Å²) in [7, 11) is 3.00. The summed E-state index contributed by atoms with van der Waals surface area (Å²) in [5.74, 6) is -0.732. The maximum absolute atomic E-state index is 11.5. The van der Waals surface area contributed by atoms with Crippen molar-refractivity contribution in [3.63, 3.8) is 0 Å². The van der Waals surface area contributed by atoms with E-state index >= 15 is 0 Å². The molecule has 1 N–H and O–H groups in total. The van der Waals surface area contributed by atoms with Gasteiger partial charge in [-0.25, -0.2) is 9.59 Å². The van der Waals surface area contributed by atoms with Gasteiger partial charge in [0.05, 0.1) is 12.6 Å². The van der Waals surface area contributed by atoms with Gasteiger partial charge in [0, 0.05) is 18.8 Å². The third kappa shape index (κ3) is 2.47. The molecular formula is C13H16N2O4. The normalized spacial score (nSPS) is 12.4. The zero-order valence-corrected chi connectivity index (χ0v) is 11.1. The Labute approximate surface area is 110 Å². The molecule has 0 saturated carbocycles. The number of hydrogen-bond acceptors (Lipinski definition) is 5. The summed E-state index contributed by atoms with van der Waals surface area (Å²) in [6.45, 7) is 1.88. The van der Waals surface area contributed by atoms with Gasteiger partial charge in [0.15, 0.2) is 5.58 Å². The predicted octanol–water partition coefficient (Wildman–Crippen LogP) is 1.49. The smallest absolute Gasteiger partial charge is 0.419 e. The van der Waals surface area contributed by atoms with Gasteiger partial charge in [-0.2, -0.15) is 0 Å². The minimum absolute atomic E-state index is 0.322. The fraction of sp³-hybridized carbons (Fsp3) is 0.385. The fourth-order valence-electron chi connectivity index (χ4n) is 1.89. The number of methoxy groups -OCH3 is 1. The number of rotatable bonds is 4. The van der Waals surface area contributed by atoms with E-state index in [0.717, 1.165) is 0 Å². The first kappa shape index (κ1) is 13.2. The summed E-state index contributed by atoms with van der Waals surface area (Å²) in [5.41, 5.74) is 1.90. The van der Waals surface area contributed by atoms with E-state index in [9.17, 15) is 9.59 Å². The number of benzene rings is 1. The van der Waals surface area contributed by atoms with Gasteiger partial charge in [-0.3, -0.25) is 4.57 Å². The van der Waals surface area contributed by atoms with Crippen LogP contribution in [-0.2, 0) is 16.6 Å². The van der Waals surface area contributed by atoms with E-state index in [1.165, 1.54) is 11.7 Å². The Balaban J connectivity index is 2.31. The van der Waals surface area contributed by atoms with E-state index in [4.69, 9.17) is 9.15 Å². The van der Waals surface area contributed by atoms with Crippen molar-refractivity contribution in [3.05, 3.63) is 28.7 Å². The summed E-state index contributed by atoms with van der Waals surface area (Å²) in [6.07, 6.45) is 0.601. The van der Waals surface area contributed by atoms with E-state index < -0.39 is 11.8 Å². The molecule has 0 fully saturated rings. The molecule has 0 saturated heterocycles. The molecule has 0 spiro atoms.